The first-order chi connectivity index (χ1) is 15.6. The molecule has 1 heterocycles. The van der Waals surface area contributed by atoms with Crippen molar-refractivity contribution in [2.75, 3.05) is 33.9 Å². The molecule has 32 heavy (non-hydrogen) atoms. The lowest BCUT2D eigenvalue weighted by atomic mass is 9.97. The van der Waals surface area contributed by atoms with E-state index in [1.54, 1.807) is 21.1 Å². The van der Waals surface area contributed by atoms with Crippen LogP contribution in [-0.2, 0) is 11.3 Å². The van der Waals surface area contributed by atoms with Crippen LogP contribution in [0.5, 0.6) is 11.5 Å². The van der Waals surface area contributed by atoms with Crippen LogP contribution in [0.1, 0.15) is 24.1 Å². The largest absolute Gasteiger partial charge is 0.497 e. The predicted octanol–water partition coefficient (Wildman–Crippen LogP) is 4.78. The van der Waals surface area contributed by atoms with Gasteiger partial charge >= 0.3 is 0 Å². The van der Waals surface area contributed by atoms with Crippen molar-refractivity contribution in [1.29, 1.82) is 0 Å². The number of para-hydroxylation sites is 1. The zero-order chi connectivity index (χ0) is 22.5. The molecule has 5 nitrogen and oxygen atoms in total. The summed E-state index contributed by atoms with van der Waals surface area (Å²) in [5.74, 6) is 1.80. The van der Waals surface area contributed by atoms with Gasteiger partial charge in [-0.05, 0) is 34.9 Å². The SMILES string of the molecule is COc1ccc(C2CN(Cc3ccccc3-c3ccccc3OC)CCN2C(C)=O)cc1. The second-order valence-corrected chi connectivity index (χ2v) is 8.09. The van der Waals surface area contributed by atoms with Crippen LogP contribution in [0, 0.1) is 0 Å². The molecule has 0 aliphatic carbocycles. The monoisotopic (exact) mass is 430 g/mol. The number of hydrogen-bond acceptors (Lipinski definition) is 4. The molecule has 5 heteroatoms. The van der Waals surface area contributed by atoms with E-state index in [0.29, 0.717) is 6.54 Å². The highest BCUT2D eigenvalue weighted by Crippen LogP contribution is 2.34. The van der Waals surface area contributed by atoms with Gasteiger partial charge in [0.1, 0.15) is 11.5 Å². The van der Waals surface area contributed by atoms with Crippen molar-refractivity contribution in [2.24, 2.45) is 0 Å². The Morgan fingerprint density at radius 3 is 2.25 bits per heavy atom. The molecule has 0 aromatic heterocycles. The van der Waals surface area contributed by atoms with Crippen LogP contribution in [0.15, 0.2) is 72.8 Å². The third-order valence-corrected chi connectivity index (χ3v) is 6.18. The Balaban J connectivity index is 1.60. The second kappa shape index (κ2) is 9.88. The summed E-state index contributed by atoms with van der Waals surface area (Å²) < 4.78 is 10.9. The zero-order valence-corrected chi connectivity index (χ0v) is 19.0. The van der Waals surface area contributed by atoms with Crippen LogP contribution >= 0.6 is 0 Å². The molecule has 1 amide bonds. The fourth-order valence-electron chi connectivity index (χ4n) is 4.50. The van der Waals surface area contributed by atoms with E-state index in [2.05, 4.69) is 47.4 Å². The van der Waals surface area contributed by atoms with Gasteiger partial charge in [-0.3, -0.25) is 9.69 Å². The van der Waals surface area contributed by atoms with Gasteiger partial charge in [0, 0.05) is 38.7 Å². The molecule has 0 radical (unpaired) electrons. The molecule has 0 N–H and O–H groups in total. The predicted molar refractivity (Wildman–Crippen MR) is 127 cm³/mol. The van der Waals surface area contributed by atoms with E-state index in [1.165, 1.54) is 11.1 Å². The van der Waals surface area contributed by atoms with E-state index in [1.807, 2.05) is 35.2 Å². The van der Waals surface area contributed by atoms with Gasteiger partial charge < -0.3 is 14.4 Å². The van der Waals surface area contributed by atoms with Crippen molar-refractivity contribution in [3.63, 3.8) is 0 Å². The van der Waals surface area contributed by atoms with Crippen LogP contribution < -0.4 is 9.47 Å². The van der Waals surface area contributed by atoms with Gasteiger partial charge in [-0.1, -0.05) is 54.6 Å². The third kappa shape index (κ3) is 4.63. The first kappa shape index (κ1) is 21.9. The van der Waals surface area contributed by atoms with Gasteiger partial charge in [0.25, 0.3) is 0 Å². The maximum absolute atomic E-state index is 12.3. The van der Waals surface area contributed by atoms with Crippen LogP contribution in [0.2, 0.25) is 0 Å². The van der Waals surface area contributed by atoms with Crippen LogP contribution in [0.3, 0.4) is 0 Å². The third-order valence-electron chi connectivity index (χ3n) is 6.18. The molecular weight excluding hydrogens is 400 g/mol. The van der Waals surface area contributed by atoms with Crippen LogP contribution in [0.25, 0.3) is 11.1 Å². The number of carbonyl (C=O) groups is 1. The topological polar surface area (TPSA) is 42.0 Å². The van der Waals surface area contributed by atoms with Gasteiger partial charge in [-0.15, -0.1) is 0 Å². The summed E-state index contributed by atoms with van der Waals surface area (Å²) in [6, 6.07) is 24.7. The molecular formula is C27H30N2O3. The van der Waals surface area contributed by atoms with Crippen molar-refractivity contribution < 1.29 is 14.3 Å². The summed E-state index contributed by atoms with van der Waals surface area (Å²) in [7, 11) is 3.38. The summed E-state index contributed by atoms with van der Waals surface area (Å²) in [6.45, 7) is 4.80. The highest BCUT2D eigenvalue weighted by Gasteiger charge is 2.30. The first-order valence-electron chi connectivity index (χ1n) is 11.0. The Bertz CT molecular complexity index is 1060. The average Bonchev–Trinajstić information content (AvgIpc) is 2.84. The van der Waals surface area contributed by atoms with Gasteiger partial charge in [0.15, 0.2) is 0 Å². The van der Waals surface area contributed by atoms with Crippen molar-refractivity contribution in [3.05, 3.63) is 83.9 Å². The summed E-state index contributed by atoms with van der Waals surface area (Å²) in [5.41, 5.74) is 4.66. The van der Waals surface area contributed by atoms with E-state index in [4.69, 9.17) is 9.47 Å². The number of benzene rings is 3. The highest BCUT2D eigenvalue weighted by molar-refractivity contribution is 5.74. The van der Waals surface area contributed by atoms with Crippen LogP contribution in [-0.4, -0.2) is 49.6 Å². The smallest absolute Gasteiger partial charge is 0.220 e. The minimum absolute atomic E-state index is 0.0191. The number of methoxy groups -OCH3 is 2. The number of amides is 1. The molecule has 1 saturated heterocycles. The quantitative estimate of drug-likeness (QED) is 0.565. The minimum Gasteiger partial charge on any atom is -0.497 e. The first-order valence-corrected chi connectivity index (χ1v) is 11.0. The maximum atomic E-state index is 12.3. The molecule has 3 aromatic carbocycles. The van der Waals surface area contributed by atoms with Gasteiger partial charge in [-0.2, -0.15) is 0 Å². The van der Waals surface area contributed by atoms with Crippen molar-refractivity contribution in [2.45, 2.75) is 19.5 Å². The molecule has 166 valence electrons. The molecule has 0 bridgehead atoms. The summed E-state index contributed by atoms with van der Waals surface area (Å²) >= 11 is 0. The van der Waals surface area contributed by atoms with Gasteiger partial charge in [0.05, 0.1) is 20.3 Å². The molecule has 1 aliphatic rings. The lowest BCUT2D eigenvalue weighted by Crippen LogP contribution is -2.49. The molecule has 1 fully saturated rings. The van der Waals surface area contributed by atoms with E-state index < -0.39 is 0 Å². The summed E-state index contributed by atoms with van der Waals surface area (Å²) in [5, 5.41) is 0. The molecule has 1 atom stereocenters. The van der Waals surface area contributed by atoms with Gasteiger partial charge in [0.2, 0.25) is 5.91 Å². The van der Waals surface area contributed by atoms with Crippen molar-refractivity contribution >= 4 is 5.91 Å². The fraction of sp³-hybridized carbons (Fsp3) is 0.296. The lowest BCUT2D eigenvalue weighted by molar-refractivity contribution is -0.134. The highest BCUT2D eigenvalue weighted by atomic mass is 16.5. The Kier molecular flexibility index (Phi) is 6.76. The second-order valence-electron chi connectivity index (χ2n) is 8.09. The Morgan fingerprint density at radius 1 is 0.875 bits per heavy atom. The van der Waals surface area contributed by atoms with Crippen LogP contribution in [0.4, 0.5) is 0 Å². The molecule has 0 saturated carbocycles. The molecule has 1 aliphatic heterocycles. The Labute approximate surface area is 190 Å². The van der Waals surface area contributed by atoms with E-state index in [9.17, 15) is 4.79 Å². The molecule has 3 aromatic rings. The fourth-order valence-corrected chi connectivity index (χ4v) is 4.50. The number of piperazine rings is 1. The number of rotatable bonds is 6. The number of nitrogens with zero attached hydrogens (tertiary/aromatic N) is 2. The lowest BCUT2D eigenvalue weighted by Gasteiger charge is -2.41. The van der Waals surface area contributed by atoms with E-state index in [0.717, 1.165) is 42.3 Å². The number of carbonyl (C=O) groups excluding carboxylic acids is 1. The summed E-state index contributed by atoms with van der Waals surface area (Å²) in [4.78, 5) is 16.8. The maximum Gasteiger partial charge on any atom is 0.220 e. The van der Waals surface area contributed by atoms with E-state index >= 15 is 0 Å². The van der Waals surface area contributed by atoms with Crippen molar-refractivity contribution in [3.8, 4) is 22.6 Å². The minimum atomic E-state index is 0.0191. The van der Waals surface area contributed by atoms with Gasteiger partial charge in [-0.25, -0.2) is 0 Å². The zero-order valence-electron chi connectivity index (χ0n) is 19.0. The molecule has 4 rings (SSSR count). The number of ether oxygens (including phenoxy) is 2. The Hall–Kier alpha value is -3.31. The van der Waals surface area contributed by atoms with E-state index in [-0.39, 0.29) is 11.9 Å². The summed E-state index contributed by atoms with van der Waals surface area (Å²) in [6.07, 6.45) is 0. The van der Waals surface area contributed by atoms with Crippen molar-refractivity contribution in [1.82, 2.24) is 9.80 Å². The number of hydrogen-bond donors (Lipinski definition) is 0. The molecule has 0 spiro atoms. The average molecular weight is 431 g/mol. The molecule has 1 unspecified atom stereocenters. The Morgan fingerprint density at radius 2 is 1.56 bits per heavy atom. The standard InChI is InChI=1S/C27H30N2O3/c1-20(30)29-17-16-28(19-26(29)21-12-14-23(31-2)15-13-21)18-22-8-4-5-9-24(22)25-10-6-7-11-27(25)32-3/h4-15,26H,16-19H2,1-3H3. The normalized spacial score (nSPS) is 16.6.